The van der Waals surface area contributed by atoms with E-state index in [9.17, 15) is 0 Å². The lowest BCUT2D eigenvalue weighted by atomic mass is 9.92. The van der Waals surface area contributed by atoms with E-state index in [0.29, 0.717) is 11.1 Å². The molecule has 4 heterocycles. The van der Waals surface area contributed by atoms with Gasteiger partial charge in [-0.25, -0.2) is 15.0 Å². The number of aryl methyl sites for hydroxylation is 1. The highest BCUT2D eigenvalue weighted by Crippen LogP contribution is 2.24. The summed E-state index contributed by atoms with van der Waals surface area (Å²) in [5.74, 6) is 1.56. The van der Waals surface area contributed by atoms with Crippen LogP contribution in [0.3, 0.4) is 0 Å². The minimum absolute atomic E-state index is 0.552. The number of thiazole rings is 1. The lowest BCUT2D eigenvalue weighted by Crippen LogP contribution is -2.34. The molecule has 0 spiro atoms. The molecule has 146 valence electrons. The van der Waals surface area contributed by atoms with Gasteiger partial charge in [0.25, 0.3) is 0 Å². The molecule has 0 saturated carbocycles. The Morgan fingerprint density at radius 1 is 1.14 bits per heavy atom. The second-order valence-corrected chi connectivity index (χ2v) is 8.95. The number of halogens is 1. The molecule has 0 atom stereocenters. The third kappa shape index (κ3) is 5.28. The molecule has 5 nitrogen and oxygen atoms in total. The van der Waals surface area contributed by atoms with Crippen molar-refractivity contribution in [2.24, 2.45) is 5.92 Å². The molecule has 0 aromatic carbocycles. The minimum Gasteiger partial charge on any atom is -0.316 e. The Morgan fingerprint density at radius 2 is 2.00 bits per heavy atom. The van der Waals surface area contributed by atoms with Crippen LogP contribution in [0.1, 0.15) is 29.0 Å². The normalized spacial score (nSPS) is 15.6. The molecular weight excluding hydrogens is 390 g/mol. The predicted octanol–water partition coefficient (Wildman–Crippen LogP) is 5.09. The van der Waals surface area contributed by atoms with Crippen molar-refractivity contribution in [3.8, 4) is 0 Å². The van der Waals surface area contributed by atoms with Gasteiger partial charge in [0.15, 0.2) is 5.13 Å². The first-order valence-electron chi connectivity index (χ1n) is 9.62. The lowest BCUT2D eigenvalue weighted by molar-refractivity contribution is 0.176. The van der Waals surface area contributed by atoms with Crippen molar-refractivity contribution < 1.29 is 0 Å². The first kappa shape index (κ1) is 19.3. The molecule has 0 unspecified atom stereocenters. The number of piperidine rings is 1. The fraction of sp³-hybridized carbons (Fsp3) is 0.381. The zero-order valence-corrected chi connectivity index (χ0v) is 17.5. The first-order chi connectivity index (χ1) is 13.6. The van der Waals surface area contributed by atoms with Crippen molar-refractivity contribution in [2.45, 2.75) is 32.7 Å². The SMILES string of the molecule is Cc1cnc(Nc2cccc(CC3CCN(Cc4ccc(Cl)nc4)CC3)n2)s1. The van der Waals surface area contributed by atoms with Crippen molar-refractivity contribution in [1.29, 1.82) is 0 Å². The molecule has 1 fully saturated rings. The molecule has 0 radical (unpaired) electrons. The zero-order chi connectivity index (χ0) is 19.3. The van der Waals surface area contributed by atoms with E-state index in [2.05, 4.69) is 45.3 Å². The van der Waals surface area contributed by atoms with Crippen LogP contribution < -0.4 is 5.32 Å². The minimum atomic E-state index is 0.552. The van der Waals surface area contributed by atoms with Crippen LogP contribution in [0.25, 0.3) is 0 Å². The van der Waals surface area contributed by atoms with Crippen molar-refractivity contribution in [2.75, 3.05) is 18.4 Å². The number of likely N-dealkylation sites (tertiary alicyclic amines) is 1. The van der Waals surface area contributed by atoms with E-state index in [4.69, 9.17) is 16.6 Å². The molecule has 0 amide bonds. The van der Waals surface area contributed by atoms with E-state index < -0.39 is 0 Å². The van der Waals surface area contributed by atoms with Crippen molar-refractivity contribution in [3.05, 3.63) is 64.0 Å². The molecule has 28 heavy (non-hydrogen) atoms. The Morgan fingerprint density at radius 3 is 2.71 bits per heavy atom. The highest BCUT2D eigenvalue weighted by Gasteiger charge is 2.20. The molecule has 1 N–H and O–H groups in total. The number of nitrogens with one attached hydrogen (secondary N) is 1. The molecule has 0 aliphatic carbocycles. The standard InChI is InChI=1S/C21H24ClN5S/c1-15-12-24-21(28-15)26-20-4-2-3-18(25-20)11-16-7-9-27(10-8-16)14-17-5-6-19(22)23-13-17/h2-6,12-13,16H,7-11,14H2,1H3,(H,24,25,26). The number of nitrogens with zero attached hydrogens (tertiary/aromatic N) is 4. The van der Waals surface area contributed by atoms with Crippen LogP contribution in [-0.2, 0) is 13.0 Å². The Labute approximate surface area is 174 Å². The van der Waals surface area contributed by atoms with Gasteiger partial charge in [0, 0.05) is 29.5 Å². The van der Waals surface area contributed by atoms with Gasteiger partial charge >= 0.3 is 0 Å². The molecule has 7 heteroatoms. The van der Waals surface area contributed by atoms with Gasteiger partial charge in [0.2, 0.25) is 0 Å². The number of hydrogen-bond acceptors (Lipinski definition) is 6. The molecule has 1 saturated heterocycles. The van der Waals surface area contributed by atoms with Crippen molar-refractivity contribution >= 4 is 33.9 Å². The van der Waals surface area contributed by atoms with Crippen LogP contribution in [0.15, 0.2) is 42.7 Å². The Kier molecular flexibility index (Phi) is 6.20. The Bertz CT molecular complexity index is 903. The van der Waals surface area contributed by atoms with E-state index in [1.54, 1.807) is 11.3 Å². The first-order valence-corrected chi connectivity index (χ1v) is 10.8. The summed E-state index contributed by atoms with van der Waals surface area (Å²) in [4.78, 5) is 17.0. The molecule has 1 aliphatic rings. The Hall–Kier alpha value is -2.02. The summed E-state index contributed by atoms with van der Waals surface area (Å²) >= 11 is 7.52. The number of rotatable bonds is 6. The van der Waals surface area contributed by atoms with E-state index in [-0.39, 0.29) is 0 Å². The van der Waals surface area contributed by atoms with Crippen LogP contribution in [-0.4, -0.2) is 32.9 Å². The monoisotopic (exact) mass is 413 g/mol. The molecular formula is C21H24ClN5S. The van der Waals surface area contributed by atoms with Crippen molar-refractivity contribution in [1.82, 2.24) is 19.9 Å². The van der Waals surface area contributed by atoms with Crippen LogP contribution in [0.2, 0.25) is 5.15 Å². The van der Waals surface area contributed by atoms with E-state index in [0.717, 1.165) is 42.7 Å². The topological polar surface area (TPSA) is 53.9 Å². The summed E-state index contributed by atoms with van der Waals surface area (Å²) in [6.45, 7) is 5.23. The fourth-order valence-electron chi connectivity index (χ4n) is 3.59. The average Bonchev–Trinajstić information content (AvgIpc) is 3.10. The van der Waals surface area contributed by atoms with Gasteiger partial charge < -0.3 is 5.32 Å². The molecule has 1 aliphatic heterocycles. The second-order valence-electron chi connectivity index (χ2n) is 7.33. The summed E-state index contributed by atoms with van der Waals surface area (Å²) in [6.07, 6.45) is 7.19. The number of aromatic nitrogens is 3. The summed E-state index contributed by atoms with van der Waals surface area (Å²) in [6, 6.07) is 10.1. The van der Waals surface area contributed by atoms with E-state index >= 15 is 0 Å². The molecule has 4 rings (SSSR count). The van der Waals surface area contributed by atoms with Gasteiger partial charge in [-0.2, -0.15) is 0 Å². The summed E-state index contributed by atoms with van der Waals surface area (Å²) in [5.41, 5.74) is 2.37. The van der Waals surface area contributed by atoms with Gasteiger partial charge in [-0.3, -0.25) is 4.90 Å². The summed E-state index contributed by atoms with van der Waals surface area (Å²) in [7, 11) is 0. The van der Waals surface area contributed by atoms with Crippen LogP contribution in [0.5, 0.6) is 0 Å². The number of anilines is 2. The summed E-state index contributed by atoms with van der Waals surface area (Å²) < 4.78 is 0. The smallest absolute Gasteiger partial charge is 0.188 e. The van der Waals surface area contributed by atoms with Crippen molar-refractivity contribution in [3.63, 3.8) is 0 Å². The number of hydrogen-bond donors (Lipinski definition) is 1. The van der Waals surface area contributed by atoms with Crippen LogP contribution >= 0.6 is 22.9 Å². The third-order valence-corrected chi connectivity index (χ3v) is 6.11. The van der Waals surface area contributed by atoms with Gasteiger partial charge in [-0.05, 0) is 69.0 Å². The van der Waals surface area contributed by atoms with Gasteiger partial charge in [-0.1, -0.05) is 23.7 Å². The molecule has 3 aromatic rings. The molecule has 3 aromatic heterocycles. The lowest BCUT2D eigenvalue weighted by Gasteiger charge is -2.31. The zero-order valence-electron chi connectivity index (χ0n) is 15.9. The van der Waals surface area contributed by atoms with Gasteiger partial charge in [-0.15, -0.1) is 11.3 Å². The predicted molar refractivity (Wildman–Crippen MR) is 115 cm³/mol. The maximum Gasteiger partial charge on any atom is 0.188 e. The maximum absolute atomic E-state index is 5.87. The second kappa shape index (κ2) is 8.99. The summed E-state index contributed by atoms with van der Waals surface area (Å²) in [5, 5.41) is 4.76. The quantitative estimate of drug-likeness (QED) is 0.570. The highest BCUT2D eigenvalue weighted by molar-refractivity contribution is 7.15. The Balaban J connectivity index is 1.28. The van der Waals surface area contributed by atoms with Crippen LogP contribution in [0.4, 0.5) is 10.9 Å². The average molecular weight is 414 g/mol. The van der Waals surface area contributed by atoms with E-state index in [1.807, 2.05) is 24.5 Å². The van der Waals surface area contributed by atoms with Crippen LogP contribution in [0, 0.1) is 12.8 Å². The fourth-order valence-corrected chi connectivity index (χ4v) is 4.37. The van der Waals surface area contributed by atoms with E-state index in [1.165, 1.54) is 23.3 Å². The third-order valence-electron chi connectivity index (χ3n) is 5.06. The number of pyridine rings is 2. The highest BCUT2D eigenvalue weighted by atomic mass is 35.5. The largest absolute Gasteiger partial charge is 0.316 e. The molecule has 0 bridgehead atoms. The van der Waals surface area contributed by atoms with Gasteiger partial charge in [0.05, 0.1) is 0 Å². The maximum atomic E-state index is 5.87. The van der Waals surface area contributed by atoms with Gasteiger partial charge in [0.1, 0.15) is 11.0 Å².